The number of anilines is 1. The molecule has 3 N–H and O–H groups in total. The van der Waals surface area contributed by atoms with Crippen molar-refractivity contribution in [1.82, 2.24) is 10.3 Å². The number of aromatic nitrogens is 1. The molecule has 2 heterocycles. The lowest BCUT2D eigenvalue weighted by atomic mass is 9.92. The second-order valence-corrected chi connectivity index (χ2v) is 7.33. The van der Waals surface area contributed by atoms with E-state index >= 15 is 0 Å². The van der Waals surface area contributed by atoms with E-state index in [4.69, 9.17) is 5.73 Å². The average molecular weight is 283 g/mol. The van der Waals surface area contributed by atoms with Crippen molar-refractivity contribution in [2.75, 3.05) is 23.8 Å². The molecule has 1 fully saturated rings. The molecule has 1 saturated heterocycles. The minimum absolute atomic E-state index is 0.0223. The topological polar surface area (TPSA) is 85.1 Å². The lowest BCUT2D eigenvalue weighted by Gasteiger charge is -2.25. The van der Waals surface area contributed by atoms with Gasteiger partial charge in [0.15, 0.2) is 9.84 Å². The van der Waals surface area contributed by atoms with Crippen molar-refractivity contribution in [3.8, 4) is 0 Å². The van der Waals surface area contributed by atoms with E-state index in [1.165, 1.54) is 0 Å². The predicted octanol–water partition coefficient (Wildman–Crippen LogP) is 1.14. The summed E-state index contributed by atoms with van der Waals surface area (Å²) in [4.78, 5) is 4.11. The maximum absolute atomic E-state index is 11.7. The molecule has 1 aliphatic heterocycles. The number of hydrogen-bond acceptors (Lipinski definition) is 5. The van der Waals surface area contributed by atoms with Gasteiger partial charge in [0, 0.05) is 29.7 Å². The van der Waals surface area contributed by atoms with Gasteiger partial charge < -0.3 is 11.1 Å². The fraction of sp³-hybridized carbons (Fsp3) is 0.615. The van der Waals surface area contributed by atoms with Crippen LogP contribution in [0.25, 0.3) is 0 Å². The van der Waals surface area contributed by atoms with Crippen LogP contribution in [0.5, 0.6) is 0 Å². The largest absolute Gasteiger partial charge is 0.398 e. The lowest BCUT2D eigenvalue weighted by Crippen LogP contribution is -2.30. The molecule has 0 amide bonds. The van der Waals surface area contributed by atoms with Crippen LogP contribution >= 0.6 is 0 Å². The Hall–Kier alpha value is -1.14. The minimum atomic E-state index is -2.89. The minimum Gasteiger partial charge on any atom is -0.398 e. The Bertz CT molecular complexity index is 530. The van der Waals surface area contributed by atoms with E-state index in [0.29, 0.717) is 12.1 Å². The normalized spacial score (nSPS) is 23.3. The Morgan fingerprint density at radius 1 is 1.58 bits per heavy atom. The van der Waals surface area contributed by atoms with Gasteiger partial charge in [0.25, 0.3) is 0 Å². The highest BCUT2D eigenvalue weighted by atomic mass is 32.2. The van der Waals surface area contributed by atoms with Crippen LogP contribution in [-0.4, -0.2) is 31.5 Å². The number of rotatable bonds is 5. The van der Waals surface area contributed by atoms with Crippen LogP contribution in [0.2, 0.25) is 0 Å². The highest BCUT2D eigenvalue weighted by molar-refractivity contribution is 7.91. The Balaban J connectivity index is 2.24. The molecule has 106 valence electrons. The molecule has 1 aliphatic rings. The number of nitrogens with zero attached hydrogens (tertiary/aromatic N) is 1. The zero-order chi connectivity index (χ0) is 13.9. The fourth-order valence-electron chi connectivity index (χ4n) is 2.59. The molecule has 19 heavy (non-hydrogen) atoms. The first-order valence-electron chi connectivity index (χ1n) is 6.66. The standard InChI is InChI=1S/C13H21N3O2S/c1-2-5-16-13(10-4-7-19(17,18)9-10)11-8-15-6-3-12(11)14/h3,6,8,10,13,16H,2,4-5,7,9H2,1H3,(H2,14,15). The summed E-state index contributed by atoms with van der Waals surface area (Å²) in [5.74, 6) is 0.605. The van der Waals surface area contributed by atoms with E-state index in [2.05, 4.69) is 17.2 Å². The van der Waals surface area contributed by atoms with Gasteiger partial charge >= 0.3 is 0 Å². The molecular formula is C13H21N3O2S. The molecular weight excluding hydrogens is 262 g/mol. The summed E-state index contributed by atoms with van der Waals surface area (Å²) in [5, 5.41) is 3.42. The number of nitrogens with two attached hydrogens (primary N) is 1. The Kier molecular flexibility index (Phi) is 4.42. The van der Waals surface area contributed by atoms with Crippen LogP contribution in [0.15, 0.2) is 18.5 Å². The first kappa shape index (κ1) is 14.3. The first-order valence-corrected chi connectivity index (χ1v) is 8.49. The smallest absolute Gasteiger partial charge is 0.150 e. The Morgan fingerprint density at radius 2 is 2.37 bits per heavy atom. The predicted molar refractivity (Wildman–Crippen MR) is 76.4 cm³/mol. The molecule has 0 aromatic carbocycles. The van der Waals surface area contributed by atoms with Crippen LogP contribution in [0.3, 0.4) is 0 Å². The van der Waals surface area contributed by atoms with Crippen molar-refractivity contribution in [3.63, 3.8) is 0 Å². The van der Waals surface area contributed by atoms with E-state index < -0.39 is 9.84 Å². The van der Waals surface area contributed by atoms with Crippen molar-refractivity contribution in [2.24, 2.45) is 5.92 Å². The quantitative estimate of drug-likeness (QED) is 0.846. The van der Waals surface area contributed by atoms with Gasteiger partial charge in [0.1, 0.15) is 0 Å². The van der Waals surface area contributed by atoms with Gasteiger partial charge in [-0.1, -0.05) is 6.92 Å². The molecule has 0 bridgehead atoms. The van der Waals surface area contributed by atoms with Crippen LogP contribution in [0, 0.1) is 5.92 Å². The van der Waals surface area contributed by atoms with Crippen LogP contribution < -0.4 is 11.1 Å². The second-order valence-electron chi connectivity index (χ2n) is 5.10. The van der Waals surface area contributed by atoms with Crippen LogP contribution in [0.1, 0.15) is 31.4 Å². The highest BCUT2D eigenvalue weighted by Gasteiger charge is 2.34. The molecule has 0 saturated carbocycles. The third-order valence-corrected chi connectivity index (χ3v) is 5.37. The molecule has 1 aromatic rings. The number of pyridine rings is 1. The summed E-state index contributed by atoms with van der Waals surface area (Å²) < 4.78 is 23.3. The fourth-order valence-corrected chi connectivity index (χ4v) is 4.43. The monoisotopic (exact) mass is 283 g/mol. The average Bonchev–Trinajstić information content (AvgIpc) is 2.72. The third kappa shape index (κ3) is 3.45. The summed E-state index contributed by atoms with van der Waals surface area (Å²) in [6.07, 6.45) is 5.09. The number of nitrogen functional groups attached to an aromatic ring is 1. The van der Waals surface area contributed by atoms with Crippen molar-refractivity contribution in [2.45, 2.75) is 25.8 Å². The molecule has 5 nitrogen and oxygen atoms in total. The Morgan fingerprint density at radius 3 is 2.95 bits per heavy atom. The molecule has 0 radical (unpaired) electrons. The number of nitrogens with one attached hydrogen (secondary N) is 1. The molecule has 6 heteroatoms. The van der Waals surface area contributed by atoms with E-state index in [-0.39, 0.29) is 23.5 Å². The molecule has 0 aliphatic carbocycles. The van der Waals surface area contributed by atoms with Crippen molar-refractivity contribution >= 4 is 15.5 Å². The van der Waals surface area contributed by atoms with E-state index in [0.717, 1.165) is 18.5 Å². The third-order valence-electron chi connectivity index (χ3n) is 3.58. The van der Waals surface area contributed by atoms with E-state index in [9.17, 15) is 8.42 Å². The molecule has 1 aromatic heterocycles. The summed E-state index contributed by atoms with van der Waals surface area (Å²) in [5.41, 5.74) is 7.59. The van der Waals surface area contributed by atoms with Gasteiger partial charge in [-0.25, -0.2) is 8.42 Å². The molecule has 2 rings (SSSR count). The van der Waals surface area contributed by atoms with Crippen molar-refractivity contribution in [1.29, 1.82) is 0 Å². The van der Waals surface area contributed by atoms with Gasteiger partial charge in [0.05, 0.1) is 11.5 Å². The first-order chi connectivity index (χ1) is 9.03. The summed E-state index contributed by atoms with van der Waals surface area (Å²) in [7, 11) is -2.89. The van der Waals surface area contributed by atoms with Gasteiger partial charge in [-0.2, -0.15) is 0 Å². The maximum Gasteiger partial charge on any atom is 0.150 e. The van der Waals surface area contributed by atoms with Crippen molar-refractivity contribution < 1.29 is 8.42 Å². The molecule has 2 unspecified atom stereocenters. The van der Waals surface area contributed by atoms with E-state index in [1.807, 2.05) is 0 Å². The zero-order valence-corrected chi connectivity index (χ0v) is 12.0. The van der Waals surface area contributed by atoms with Crippen LogP contribution in [-0.2, 0) is 9.84 Å². The summed E-state index contributed by atoms with van der Waals surface area (Å²) in [6.45, 7) is 2.93. The highest BCUT2D eigenvalue weighted by Crippen LogP contribution is 2.33. The molecule has 0 spiro atoms. The number of sulfone groups is 1. The van der Waals surface area contributed by atoms with Crippen molar-refractivity contribution in [3.05, 3.63) is 24.0 Å². The second kappa shape index (κ2) is 5.88. The van der Waals surface area contributed by atoms with E-state index in [1.54, 1.807) is 18.5 Å². The summed E-state index contributed by atoms with van der Waals surface area (Å²) in [6, 6.07) is 1.74. The lowest BCUT2D eigenvalue weighted by molar-refractivity contribution is 0.393. The molecule has 2 atom stereocenters. The van der Waals surface area contributed by atoms with Gasteiger partial charge in [-0.3, -0.25) is 4.98 Å². The SMILES string of the molecule is CCCNC(c1cnccc1N)C1CCS(=O)(=O)C1. The van der Waals surface area contributed by atoms with Gasteiger partial charge in [-0.15, -0.1) is 0 Å². The number of hydrogen-bond donors (Lipinski definition) is 2. The van der Waals surface area contributed by atoms with Crippen LogP contribution in [0.4, 0.5) is 5.69 Å². The van der Waals surface area contributed by atoms with Gasteiger partial charge in [0.2, 0.25) is 0 Å². The summed E-state index contributed by atoms with van der Waals surface area (Å²) >= 11 is 0. The maximum atomic E-state index is 11.7. The van der Waals surface area contributed by atoms with Gasteiger partial charge in [-0.05, 0) is 31.4 Å². The Labute approximate surface area is 114 Å². The zero-order valence-electron chi connectivity index (χ0n) is 11.2.